The second-order valence-electron chi connectivity index (χ2n) is 6.03. The predicted molar refractivity (Wildman–Crippen MR) is 93.4 cm³/mol. The Labute approximate surface area is 144 Å². The van der Waals surface area contributed by atoms with E-state index in [0.717, 1.165) is 24.9 Å². The van der Waals surface area contributed by atoms with Crippen LogP contribution in [0.4, 0.5) is 0 Å². The van der Waals surface area contributed by atoms with Crippen molar-refractivity contribution in [3.05, 3.63) is 35.9 Å². The van der Waals surface area contributed by atoms with Gasteiger partial charge in [-0.1, -0.05) is 30.3 Å². The molecule has 0 spiro atoms. The predicted octanol–water partition coefficient (Wildman–Crippen LogP) is 1.35. The lowest BCUT2D eigenvalue weighted by molar-refractivity contribution is -0.134. The molecule has 1 aliphatic rings. The normalized spacial score (nSPS) is 18.7. The smallest absolute Gasteiger partial charge is 0.239 e. The highest BCUT2D eigenvalue weighted by molar-refractivity contribution is 5.85. The summed E-state index contributed by atoms with van der Waals surface area (Å²) in [6.07, 6.45) is 2.57. The topological polar surface area (TPSA) is 75.4 Å². The quantitative estimate of drug-likeness (QED) is 0.850. The van der Waals surface area contributed by atoms with Gasteiger partial charge in [0.25, 0.3) is 0 Å². The van der Waals surface area contributed by atoms with E-state index in [-0.39, 0.29) is 24.2 Å². The van der Waals surface area contributed by atoms with E-state index in [9.17, 15) is 9.59 Å². The fourth-order valence-corrected chi connectivity index (χ4v) is 2.91. The van der Waals surface area contributed by atoms with Gasteiger partial charge in [-0.2, -0.15) is 0 Å². The number of piperidine rings is 1. The Morgan fingerprint density at radius 3 is 2.70 bits per heavy atom. The van der Waals surface area contributed by atoms with Crippen LogP contribution in [0.15, 0.2) is 30.3 Å². The fourth-order valence-electron chi connectivity index (χ4n) is 2.91. The molecule has 128 valence electrons. The summed E-state index contributed by atoms with van der Waals surface area (Å²) in [6, 6.07) is 9.34. The van der Waals surface area contributed by atoms with Crippen molar-refractivity contribution >= 4 is 24.2 Å². The summed E-state index contributed by atoms with van der Waals surface area (Å²) >= 11 is 0. The van der Waals surface area contributed by atoms with Crippen LogP contribution >= 0.6 is 12.4 Å². The number of amides is 2. The van der Waals surface area contributed by atoms with Crippen LogP contribution in [0.3, 0.4) is 0 Å². The molecule has 1 saturated heterocycles. The Balaban J connectivity index is 0.00000264. The van der Waals surface area contributed by atoms with Crippen molar-refractivity contribution in [1.29, 1.82) is 0 Å². The SMILES string of the molecule is CC(=O)NCC1CCCN(C(=O)[C@@H](N)Cc2ccccc2)C1.Cl. The summed E-state index contributed by atoms with van der Waals surface area (Å²) < 4.78 is 0. The van der Waals surface area contributed by atoms with E-state index in [1.165, 1.54) is 6.92 Å². The van der Waals surface area contributed by atoms with Crippen LogP contribution in [-0.4, -0.2) is 42.4 Å². The third-order valence-corrected chi connectivity index (χ3v) is 4.09. The van der Waals surface area contributed by atoms with Crippen LogP contribution in [0.2, 0.25) is 0 Å². The third kappa shape index (κ3) is 6.20. The number of hydrogen-bond acceptors (Lipinski definition) is 3. The number of carbonyl (C=O) groups excluding carboxylic acids is 2. The number of benzene rings is 1. The standard InChI is InChI=1S/C17H25N3O2.ClH/c1-13(21)19-11-15-8-5-9-20(12-15)17(22)16(18)10-14-6-3-2-4-7-14;/h2-4,6-7,15-16H,5,8-12,18H2,1H3,(H,19,21);1H/t15?,16-;/m0./s1. The summed E-state index contributed by atoms with van der Waals surface area (Å²) in [5.41, 5.74) is 7.17. The van der Waals surface area contributed by atoms with Gasteiger partial charge in [0.05, 0.1) is 6.04 Å². The minimum absolute atomic E-state index is 0. The van der Waals surface area contributed by atoms with Crippen molar-refractivity contribution in [2.24, 2.45) is 11.7 Å². The van der Waals surface area contributed by atoms with Gasteiger partial charge in [-0.25, -0.2) is 0 Å². The molecule has 1 aliphatic heterocycles. The molecule has 2 atom stereocenters. The van der Waals surface area contributed by atoms with Crippen LogP contribution < -0.4 is 11.1 Å². The first-order valence-corrected chi connectivity index (χ1v) is 7.89. The fraction of sp³-hybridized carbons (Fsp3) is 0.529. The zero-order valence-electron chi connectivity index (χ0n) is 13.5. The van der Waals surface area contributed by atoms with Crippen molar-refractivity contribution in [3.8, 4) is 0 Å². The van der Waals surface area contributed by atoms with Gasteiger partial charge in [-0.05, 0) is 30.7 Å². The molecule has 0 aromatic heterocycles. The molecule has 6 heteroatoms. The van der Waals surface area contributed by atoms with Gasteiger partial charge in [0, 0.05) is 26.6 Å². The van der Waals surface area contributed by atoms with E-state index in [1.54, 1.807) is 0 Å². The number of carbonyl (C=O) groups is 2. The summed E-state index contributed by atoms with van der Waals surface area (Å²) in [5, 5.41) is 2.84. The molecule has 1 heterocycles. The molecule has 0 bridgehead atoms. The maximum Gasteiger partial charge on any atom is 0.239 e. The van der Waals surface area contributed by atoms with Gasteiger partial charge in [-0.3, -0.25) is 9.59 Å². The maximum atomic E-state index is 12.5. The first-order valence-electron chi connectivity index (χ1n) is 7.89. The Bertz CT molecular complexity index is 510. The molecule has 1 fully saturated rings. The van der Waals surface area contributed by atoms with Gasteiger partial charge in [0.2, 0.25) is 11.8 Å². The average Bonchev–Trinajstić information content (AvgIpc) is 2.53. The van der Waals surface area contributed by atoms with E-state index in [2.05, 4.69) is 5.32 Å². The molecular weight excluding hydrogens is 314 g/mol. The van der Waals surface area contributed by atoms with E-state index in [1.807, 2.05) is 35.2 Å². The van der Waals surface area contributed by atoms with Crippen LogP contribution in [0.5, 0.6) is 0 Å². The minimum Gasteiger partial charge on any atom is -0.356 e. The second kappa shape index (κ2) is 9.53. The number of likely N-dealkylation sites (tertiary alicyclic amines) is 1. The van der Waals surface area contributed by atoms with Crippen LogP contribution in [-0.2, 0) is 16.0 Å². The summed E-state index contributed by atoms with van der Waals surface area (Å²) in [7, 11) is 0. The van der Waals surface area contributed by atoms with Crippen molar-refractivity contribution in [2.75, 3.05) is 19.6 Å². The van der Waals surface area contributed by atoms with Crippen molar-refractivity contribution in [2.45, 2.75) is 32.2 Å². The lowest BCUT2D eigenvalue weighted by Crippen LogP contribution is -2.50. The highest BCUT2D eigenvalue weighted by atomic mass is 35.5. The lowest BCUT2D eigenvalue weighted by Gasteiger charge is -2.34. The molecule has 5 nitrogen and oxygen atoms in total. The number of hydrogen-bond donors (Lipinski definition) is 2. The molecule has 1 aromatic carbocycles. The first-order chi connectivity index (χ1) is 10.6. The van der Waals surface area contributed by atoms with Crippen LogP contribution in [0, 0.1) is 5.92 Å². The maximum absolute atomic E-state index is 12.5. The molecule has 1 aromatic rings. The van der Waals surface area contributed by atoms with Gasteiger partial charge < -0.3 is 16.0 Å². The minimum atomic E-state index is -0.498. The monoisotopic (exact) mass is 339 g/mol. The Morgan fingerprint density at radius 1 is 1.35 bits per heavy atom. The summed E-state index contributed by atoms with van der Waals surface area (Å²) in [6.45, 7) is 3.59. The third-order valence-electron chi connectivity index (χ3n) is 4.09. The molecule has 1 unspecified atom stereocenters. The average molecular weight is 340 g/mol. The number of nitrogens with one attached hydrogen (secondary N) is 1. The lowest BCUT2D eigenvalue weighted by atomic mass is 9.96. The number of nitrogens with two attached hydrogens (primary N) is 1. The van der Waals surface area contributed by atoms with Gasteiger partial charge in [-0.15, -0.1) is 12.4 Å². The summed E-state index contributed by atoms with van der Waals surface area (Å²) in [5.74, 6) is 0.311. The summed E-state index contributed by atoms with van der Waals surface area (Å²) in [4.78, 5) is 25.4. The second-order valence-corrected chi connectivity index (χ2v) is 6.03. The van der Waals surface area contributed by atoms with Gasteiger partial charge in [0.1, 0.15) is 0 Å². The highest BCUT2D eigenvalue weighted by Gasteiger charge is 2.27. The zero-order chi connectivity index (χ0) is 15.9. The molecule has 0 radical (unpaired) electrons. The van der Waals surface area contributed by atoms with Crippen molar-refractivity contribution in [3.63, 3.8) is 0 Å². The molecule has 2 rings (SSSR count). The van der Waals surface area contributed by atoms with Crippen LogP contribution in [0.1, 0.15) is 25.3 Å². The van der Waals surface area contributed by atoms with Gasteiger partial charge in [0.15, 0.2) is 0 Å². The van der Waals surface area contributed by atoms with E-state index >= 15 is 0 Å². The first kappa shape index (κ1) is 19.5. The Morgan fingerprint density at radius 2 is 2.04 bits per heavy atom. The zero-order valence-corrected chi connectivity index (χ0v) is 14.3. The number of nitrogens with zero attached hydrogens (tertiary/aromatic N) is 1. The van der Waals surface area contributed by atoms with E-state index in [0.29, 0.717) is 25.4 Å². The number of rotatable bonds is 5. The number of halogens is 1. The Hall–Kier alpha value is -1.59. The molecule has 0 saturated carbocycles. The highest BCUT2D eigenvalue weighted by Crippen LogP contribution is 2.17. The van der Waals surface area contributed by atoms with Crippen molar-refractivity contribution < 1.29 is 9.59 Å². The molecular formula is C17H26ClN3O2. The molecule has 23 heavy (non-hydrogen) atoms. The van der Waals surface area contributed by atoms with Crippen molar-refractivity contribution in [1.82, 2.24) is 10.2 Å². The van der Waals surface area contributed by atoms with Gasteiger partial charge >= 0.3 is 0 Å². The molecule has 0 aliphatic carbocycles. The van der Waals surface area contributed by atoms with E-state index in [4.69, 9.17) is 5.73 Å². The molecule has 2 amide bonds. The Kier molecular flexibility index (Phi) is 8.06. The molecule has 3 N–H and O–H groups in total. The van der Waals surface area contributed by atoms with Crippen LogP contribution in [0.25, 0.3) is 0 Å². The van der Waals surface area contributed by atoms with E-state index < -0.39 is 6.04 Å². The largest absolute Gasteiger partial charge is 0.356 e.